The predicted octanol–water partition coefficient (Wildman–Crippen LogP) is -0.146. The summed E-state index contributed by atoms with van der Waals surface area (Å²) in [6, 6.07) is 9.07. The molecular formula is C41H47N5O17S3. The zero-order chi connectivity index (χ0) is 48.7. The monoisotopic (exact) mass is 977 g/mol. The van der Waals surface area contributed by atoms with Gasteiger partial charge in [-0.3, -0.25) is 42.6 Å². The molecule has 3 unspecified atom stereocenters. The van der Waals surface area contributed by atoms with Gasteiger partial charge in [0, 0.05) is 79.5 Å². The van der Waals surface area contributed by atoms with Gasteiger partial charge < -0.3 is 31.1 Å². The topological polar surface area (TPSA) is 355 Å². The van der Waals surface area contributed by atoms with Gasteiger partial charge in [-0.05, 0) is 55.2 Å². The molecule has 3 aromatic carbocycles. The van der Waals surface area contributed by atoms with Crippen molar-refractivity contribution in [1.29, 1.82) is 0 Å². The van der Waals surface area contributed by atoms with Crippen LogP contribution in [0.4, 0.5) is 5.69 Å². The second-order valence-electron chi connectivity index (χ2n) is 15.6. The number of aryl methyl sites for hydroxylation is 2. The lowest BCUT2D eigenvalue weighted by Crippen LogP contribution is -2.50. The van der Waals surface area contributed by atoms with Gasteiger partial charge in [-0.1, -0.05) is 18.2 Å². The van der Waals surface area contributed by atoms with Crippen molar-refractivity contribution in [3.63, 3.8) is 0 Å². The summed E-state index contributed by atoms with van der Waals surface area (Å²) in [6.07, 6.45) is -2.42. The van der Waals surface area contributed by atoms with Crippen molar-refractivity contribution < 1.29 is 77.5 Å². The lowest BCUT2D eigenvalue weighted by atomic mass is 9.88. The molecule has 0 aliphatic carbocycles. The van der Waals surface area contributed by atoms with Crippen LogP contribution in [-0.4, -0.2) is 128 Å². The molecule has 0 fully saturated rings. The van der Waals surface area contributed by atoms with E-state index >= 15 is 0 Å². The molecule has 66 heavy (non-hydrogen) atoms. The minimum Gasteiger partial charge on any atom is -0.478 e. The van der Waals surface area contributed by atoms with Crippen LogP contribution in [-0.2, 0) is 54.3 Å². The van der Waals surface area contributed by atoms with E-state index in [0.717, 1.165) is 0 Å². The Bertz CT molecular complexity index is 2940. The maximum absolute atomic E-state index is 13.5. The maximum atomic E-state index is 13.5. The standard InChI is InChI=1S/C41H47N5O17S3/c1-22-14-27-35-17-29(22)42-12-9-37(49)44-11-5-8-33(47)31(20-65(57,58)59)46-40(51)24(19-64(54,55)56)16-34(48)32(21-66(60,61)62)45-38(50)10-13-43-30-18-36(63-35)28(15-23(30)2)39(27)25-6-3-4-7-26(25)41(52)53/h3-4,6-7,14-15,17-18,24,31-32,43H,5,8-13,16,19-21H2,1-2H3,(H,44,49)(H,45,50)(H,46,51)(H,52,53)(H,54,55,56)(H,57,58,59)(H,60,61,62). The smallest absolute Gasteiger partial charge is 0.336 e. The number of Topliss-reactive ketones (excluding diaryl/α,β-unsaturated/α-hetero) is 2. The molecule has 3 atom stereocenters. The molecule has 3 aromatic rings. The predicted molar refractivity (Wildman–Crippen MR) is 234 cm³/mol. The summed E-state index contributed by atoms with van der Waals surface area (Å²) in [5, 5.41) is 20.9. The van der Waals surface area contributed by atoms with E-state index in [1.165, 1.54) is 6.07 Å². The minimum atomic E-state index is -5.11. The first-order valence-corrected chi connectivity index (χ1v) is 25.0. The number of nitrogens with one attached hydrogen (secondary N) is 4. The van der Waals surface area contributed by atoms with Crippen LogP contribution in [0.3, 0.4) is 0 Å². The number of rotatable bonds is 8. The second kappa shape index (κ2) is 21.0. The van der Waals surface area contributed by atoms with Crippen molar-refractivity contribution >= 4 is 76.9 Å². The molecule has 2 aliphatic rings. The zero-order valence-electron chi connectivity index (χ0n) is 35.4. The van der Waals surface area contributed by atoms with Crippen LogP contribution in [0.2, 0.25) is 0 Å². The van der Waals surface area contributed by atoms with E-state index in [2.05, 4.69) is 20.9 Å². The lowest BCUT2D eigenvalue weighted by molar-refractivity contribution is -0.132. The summed E-state index contributed by atoms with van der Waals surface area (Å²) >= 11 is 0. The molecule has 22 nitrogen and oxygen atoms in total. The summed E-state index contributed by atoms with van der Waals surface area (Å²) in [4.78, 5) is 83.0. The first kappa shape index (κ1) is 50.9. The van der Waals surface area contributed by atoms with Crippen molar-refractivity contribution in [3.05, 3.63) is 86.9 Å². The first-order chi connectivity index (χ1) is 30.8. The third kappa shape index (κ3) is 14.2. The molecule has 0 aromatic heterocycles. The van der Waals surface area contributed by atoms with Crippen molar-refractivity contribution in [2.45, 2.75) is 58.0 Å². The molecule has 2 aliphatic heterocycles. The van der Waals surface area contributed by atoms with Gasteiger partial charge in [0.1, 0.15) is 35.1 Å². The van der Waals surface area contributed by atoms with Crippen molar-refractivity contribution in [2.24, 2.45) is 10.9 Å². The largest absolute Gasteiger partial charge is 0.478 e. The number of anilines is 1. The Balaban J connectivity index is 1.55. The van der Waals surface area contributed by atoms with Gasteiger partial charge in [0.05, 0.1) is 22.6 Å². The number of amides is 3. The third-order valence-corrected chi connectivity index (χ3v) is 12.8. The second-order valence-corrected chi connectivity index (χ2v) is 20.1. The van der Waals surface area contributed by atoms with Gasteiger partial charge in [-0.15, -0.1) is 0 Å². The Hall–Kier alpha value is -6.12. The Morgan fingerprint density at radius 1 is 0.712 bits per heavy atom. The Labute approximate surface area is 378 Å². The molecule has 0 spiro atoms. The molecule has 4 bridgehead atoms. The van der Waals surface area contributed by atoms with Crippen molar-refractivity contribution in [2.75, 3.05) is 42.2 Å². The molecule has 0 saturated carbocycles. The summed E-state index contributed by atoms with van der Waals surface area (Å²) in [5.74, 6) is -12.4. The fraction of sp³-hybridized carbons (Fsp3) is 0.390. The van der Waals surface area contributed by atoms with E-state index in [4.69, 9.17) is 4.74 Å². The first-order valence-electron chi connectivity index (χ1n) is 20.1. The van der Waals surface area contributed by atoms with E-state index < -0.39 is 120 Å². The van der Waals surface area contributed by atoms with Crippen LogP contribution in [0.1, 0.15) is 64.7 Å². The SMILES string of the molecule is Cc1cc2c3cc1NCCC(=O)NC(CS(=O)(=O)O)C(=O)CC(CS(=O)(=O)O)C(=O)NC(CS(=O)(=O)O)C(=O)CCCNC(=O)CCN=c1cc(c(cc1C)=C2c1ccccc1C(=O)O)O3. The highest BCUT2D eigenvalue weighted by molar-refractivity contribution is 7.86. The Kier molecular flexibility index (Phi) is 16.2. The normalized spacial score (nSPS) is 19.9. The van der Waals surface area contributed by atoms with Crippen LogP contribution < -0.4 is 36.6 Å². The molecular weight excluding hydrogens is 931 g/mol. The molecule has 8 N–H and O–H groups in total. The van der Waals surface area contributed by atoms with Crippen molar-refractivity contribution in [1.82, 2.24) is 16.0 Å². The molecule has 0 saturated heterocycles. The molecule has 5 rings (SSSR count). The van der Waals surface area contributed by atoms with Crippen LogP contribution >= 0.6 is 0 Å². The maximum Gasteiger partial charge on any atom is 0.336 e. The number of fused-ring (bicyclic) bond motifs is 2. The Morgan fingerprint density at radius 3 is 2.02 bits per heavy atom. The number of nitrogens with zero attached hydrogens (tertiary/aromatic N) is 1. The average Bonchev–Trinajstić information content (AvgIpc) is 3.19. The number of hydrogen-bond donors (Lipinski definition) is 8. The van der Waals surface area contributed by atoms with E-state index in [1.54, 1.807) is 56.3 Å². The number of aromatic carboxylic acids is 1. The molecule has 25 heteroatoms. The number of ketones is 2. The number of carbonyl (C=O) groups excluding carboxylic acids is 5. The fourth-order valence-electron chi connectivity index (χ4n) is 7.34. The van der Waals surface area contributed by atoms with Crippen LogP contribution in [0.5, 0.6) is 11.5 Å². The molecule has 0 radical (unpaired) electrons. The zero-order valence-corrected chi connectivity index (χ0v) is 37.8. The van der Waals surface area contributed by atoms with E-state index in [1.807, 2.05) is 5.32 Å². The number of carbonyl (C=O) groups is 6. The number of carboxylic acids is 1. The fourth-order valence-corrected chi connectivity index (χ4v) is 9.50. The minimum absolute atomic E-state index is 0.00745. The number of hydrogen-bond acceptors (Lipinski definition) is 15. The summed E-state index contributed by atoms with van der Waals surface area (Å²) in [5.41, 5.74) is 3.15. The molecule has 2 heterocycles. The van der Waals surface area contributed by atoms with E-state index in [9.17, 15) is 72.8 Å². The quantitative estimate of drug-likeness (QED) is 0.106. The number of ether oxygens (including phenoxy) is 1. The van der Waals surface area contributed by atoms with Gasteiger partial charge in [-0.25, -0.2) is 4.79 Å². The van der Waals surface area contributed by atoms with E-state index in [0.29, 0.717) is 49.8 Å². The third-order valence-electron chi connectivity index (χ3n) is 10.4. The number of carboxylic acid groups (broad SMARTS) is 1. The molecule has 356 valence electrons. The molecule has 3 amide bonds. The summed E-state index contributed by atoms with van der Waals surface area (Å²) < 4.78 is 107. The summed E-state index contributed by atoms with van der Waals surface area (Å²) in [6.45, 7) is 3.20. The number of benzene rings is 3. The summed E-state index contributed by atoms with van der Waals surface area (Å²) in [7, 11) is -15.2. The highest BCUT2D eigenvalue weighted by Crippen LogP contribution is 2.40. The van der Waals surface area contributed by atoms with Crippen LogP contribution in [0.25, 0.3) is 5.57 Å². The van der Waals surface area contributed by atoms with Gasteiger partial charge in [0.2, 0.25) is 17.7 Å². The van der Waals surface area contributed by atoms with Gasteiger partial charge >= 0.3 is 5.97 Å². The average molecular weight is 978 g/mol. The van der Waals surface area contributed by atoms with Gasteiger partial charge in [-0.2, -0.15) is 25.3 Å². The van der Waals surface area contributed by atoms with Gasteiger partial charge in [0.15, 0.2) is 11.6 Å². The van der Waals surface area contributed by atoms with E-state index in [-0.39, 0.29) is 43.8 Å². The van der Waals surface area contributed by atoms with Crippen LogP contribution in [0, 0.1) is 19.8 Å². The Morgan fingerprint density at radius 2 is 1.36 bits per heavy atom. The highest BCUT2D eigenvalue weighted by Gasteiger charge is 2.35. The van der Waals surface area contributed by atoms with Crippen LogP contribution in [0.15, 0.2) is 53.5 Å². The lowest BCUT2D eigenvalue weighted by Gasteiger charge is -2.24. The highest BCUT2D eigenvalue weighted by atomic mass is 32.2. The van der Waals surface area contributed by atoms with Gasteiger partial charge in [0.25, 0.3) is 30.4 Å². The van der Waals surface area contributed by atoms with Crippen molar-refractivity contribution in [3.8, 4) is 11.5 Å².